The van der Waals surface area contributed by atoms with E-state index in [9.17, 15) is 0 Å². The molecule has 4 rings (SSSR count). The van der Waals surface area contributed by atoms with E-state index in [2.05, 4.69) is 27.4 Å². The van der Waals surface area contributed by atoms with Crippen molar-refractivity contribution in [3.63, 3.8) is 0 Å². The van der Waals surface area contributed by atoms with Gasteiger partial charge in [0, 0.05) is 6.32 Å². The van der Waals surface area contributed by atoms with Crippen LogP contribution >= 0.6 is 0 Å². The summed E-state index contributed by atoms with van der Waals surface area (Å²) in [7, 11) is -0.0531. The first-order valence-corrected chi connectivity index (χ1v) is 6.42. The highest BCUT2D eigenvalue weighted by atomic mass is 16.7. The van der Waals surface area contributed by atoms with Crippen molar-refractivity contribution in [2.24, 2.45) is 17.3 Å². The van der Waals surface area contributed by atoms with Crippen molar-refractivity contribution in [2.75, 3.05) is 0 Å². The summed E-state index contributed by atoms with van der Waals surface area (Å²) < 4.78 is 12.2. The molecule has 2 nitrogen and oxygen atoms in total. The Morgan fingerprint density at radius 2 is 2.12 bits per heavy atom. The minimum atomic E-state index is -0.0531. The van der Waals surface area contributed by atoms with Crippen molar-refractivity contribution in [3.8, 4) is 0 Å². The maximum absolute atomic E-state index is 6.19. The predicted octanol–water partition coefficient (Wildman–Crippen LogP) is 2.90. The minimum absolute atomic E-state index is 0.0497. The number of rotatable bonds is 2. The molecule has 0 aromatic carbocycles. The smallest absolute Gasteiger partial charge is 0.405 e. The van der Waals surface area contributed by atoms with Crippen LogP contribution in [0.1, 0.15) is 33.6 Å². The van der Waals surface area contributed by atoms with Crippen molar-refractivity contribution in [2.45, 2.75) is 51.6 Å². The van der Waals surface area contributed by atoms with Crippen LogP contribution in [-0.4, -0.2) is 18.8 Å². The molecule has 0 radical (unpaired) electrons. The molecule has 0 amide bonds. The van der Waals surface area contributed by atoms with Gasteiger partial charge in [-0.15, -0.1) is 6.58 Å². The maximum atomic E-state index is 6.19. The molecule has 3 saturated carbocycles. The largest absolute Gasteiger partial charge is 0.461 e. The number of hydrogen-bond acceptors (Lipinski definition) is 2. The Balaban J connectivity index is 1.84. The summed E-state index contributed by atoms with van der Waals surface area (Å²) in [5.74, 6) is 1.50. The summed E-state index contributed by atoms with van der Waals surface area (Å²) in [4.78, 5) is 0. The van der Waals surface area contributed by atoms with Crippen molar-refractivity contribution >= 4 is 7.12 Å². The van der Waals surface area contributed by atoms with E-state index in [0.29, 0.717) is 17.4 Å². The molecule has 1 aliphatic heterocycles. The molecule has 4 aliphatic rings. The third-order valence-electron chi connectivity index (χ3n) is 5.36. The molecule has 0 unspecified atom stereocenters. The SMILES string of the molecule is C=CCB1O[C@H]2C[C@H]3C[C@H](C3(C)C)[C@@]2(C)O1. The van der Waals surface area contributed by atoms with Gasteiger partial charge < -0.3 is 9.31 Å². The van der Waals surface area contributed by atoms with Gasteiger partial charge in [-0.05, 0) is 37.0 Å². The number of allylic oxidation sites excluding steroid dienone is 1. The summed E-state index contributed by atoms with van der Waals surface area (Å²) in [6, 6.07) is 0. The molecule has 3 heteroatoms. The fourth-order valence-corrected chi connectivity index (χ4v) is 4.19. The molecule has 1 heterocycles. The standard InChI is InChI=1S/C13H21BO2/c1-5-6-14-15-11-8-9-7-10(12(9,2)3)13(11,4)16-14/h5,9-11H,1,6-8H2,2-4H3/t9-,10-,11+,13-/m1/s1. The van der Waals surface area contributed by atoms with Crippen LogP contribution in [0.15, 0.2) is 12.7 Å². The summed E-state index contributed by atoms with van der Waals surface area (Å²) in [6.07, 6.45) is 5.51. The van der Waals surface area contributed by atoms with Gasteiger partial charge in [-0.2, -0.15) is 0 Å². The van der Waals surface area contributed by atoms with Crippen LogP contribution in [0.5, 0.6) is 0 Å². The second-order valence-electron chi connectivity index (χ2n) is 6.42. The van der Waals surface area contributed by atoms with Crippen LogP contribution in [0.25, 0.3) is 0 Å². The van der Waals surface area contributed by atoms with Crippen LogP contribution in [0, 0.1) is 17.3 Å². The molecule has 3 aliphatic carbocycles. The first kappa shape index (κ1) is 10.9. The Bertz CT molecular complexity index is 328. The van der Waals surface area contributed by atoms with Gasteiger partial charge in [0.05, 0.1) is 11.7 Å². The third-order valence-corrected chi connectivity index (χ3v) is 5.36. The predicted molar refractivity (Wildman–Crippen MR) is 65.1 cm³/mol. The van der Waals surface area contributed by atoms with E-state index >= 15 is 0 Å². The van der Waals surface area contributed by atoms with Gasteiger partial charge in [0.1, 0.15) is 0 Å². The average Bonchev–Trinajstić information content (AvgIpc) is 2.53. The summed E-state index contributed by atoms with van der Waals surface area (Å²) >= 11 is 0. The highest BCUT2D eigenvalue weighted by molar-refractivity contribution is 6.46. The van der Waals surface area contributed by atoms with Crippen molar-refractivity contribution in [1.29, 1.82) is 0 Å². The lowest BCUT2D eigenvalue weighted by molar-refractivity contribution is -0.199. The molecular formula is C13H21BO2. The number of hydrogen-bond donors (Lipinski definition) is 0. The second-order valence-corrected chi connectivity index (χ2v) is 6.42. The van der Waals surface area contributed by atoms with E-state index in [1.165, 1.54) is 12.8 Å². The molecule has 2 bridgehead atoms. The third kappa shape index (κ3) is 1.16. The Labute approximate surface area is 98.5 Å². The molecule has 1 saturated heterocycles. The van der Waals surface area contributed by atoms with Crippen molar-refractivity contribution in [1.82, 2.24) is 0 Å². The van der Waals surface area contributed by atoms with Crippen LogP contribution in [0.2, 0.25) is 6.32 Å². The van der Waals surface area contributed by atoms with Crippen LogP contribution in [0.3, 0.4) is 0 Å². The summed E-state index contributed by atoms with van der Waals surface area (Å²) in [5, 5.41) is 0. The lowest BCUT2D eigenvalue weighted by atomic mass is 9.43. The van der Waals surface area contributed by atoms with Gasteiger partial charge in [-0.3, -0.25) is 0 Å². The minimum Gasteiger partial charge on any atom is -0.405 e. The van der Waals surface area contributed by atoms with E-state index in [1.807, 2.05) is 6.08 Å². The van der Waals surface area contributed by atoms with Gasteiger partial charge in [0.25, 0.3) is 0 Å². The Hall–Kier alpha value is -0.275. The van der Waals surface area contributed by atoms with Crippen molar-refractivity contribution < 1.29 is 9.31 Å². The molecule has 88 valence electrons. The molecule has 4 fully saturated rings. The summed E-state index contributed by atoms with van der Waals surface area (Å²) in [5.41, 5.74) is 0.392. The molecule has 0 spiro atoms. The molecule has 0 aromatic heterocycles. The quantitative estimate of drug-likeness (QED) is 0.526. The van der Waals surface area contributed by atoms with Crippen LogP contribution in [0.4, 0.5) is 0 Å². The normalized spacial score (nSPS) is 48.4. The zero-order chi connectivity index (χ0) is 11.6. The molecule has 4 atom stereocenters. The van der Waals surface area contributed by atoms with Gasteiger partial charge in [-0.25, -0.2) is 0 Å². The first-order valence-electron chi connectivity index (χ1n) is 6.42. The summed E-state index contributed by atoms with van der Waals surface area (Å²) in [6.45, 7) is 10.8. The Morgan fingerprint density at radius 1 is 1.38 bits per heavy atom. The lowest BCUT2D eigenvalue weighted by Gasteiger charge is -2.64. The zero-order valence-electron chi connectivity index (χ0n) is 10.5. The Morgan fingerprint density at radius 3 is 2.75 bits per heavy atom. The second kappa shape index (κ2) is 3.14. The fraction of sp³-hybridized carbons (Fsp3) is 0.846. The molecular weight excluding hydrogens is 199 g/mol. The van der Waals surface area contributed by atoms with E-state index < -0.39 is 0 Å². The maximum Gasteiger partial charge on any atom is 0.461 e. The van der Waals surface area contributed by atoms with E-state index in [0.717, 1.165) is 12.2 Å². The topological polar surface area (TPSA) is 18.5 Å². The van der Waals surface area contributed by atoms with Gasteiger partial charge >= 0.3 is 7.12 Å². The van der Waals surface area contributed by atoms with Gasteiger partial charge in [-0.1, -0.05) is 19.9 Å². The van der Waals surface area contributed by atoms with Crippen molar-refractivity contribution in [3.05, 3.63) is 12.7 Å². The highest BCUT2D eigenvalue weighted by Gasteiger charge is 2.67. The monoisotopic (exact) mass is 220 g/mol. The first-order chi connectivity index (χ1) is 7.48. The van der Waals surface area contributed by atoms with E-state index in [-0.39, 0.29) is 12.7 Å². The Kier molecular flexibility index (Phi) is 2.13. The van der Waals surface area contributed by atoms with Crippen LogP contribution < -0.4 is 0 Å². The lowest BCUT2D eigenvalue weighted by Crippen LogP contribution is -2.65. The fourth-order valence-electron chi connectivity index (χ4n) is 4.19. The average molecular weight is 220 g/mol. The van der Waals surface area contributed by atoms with Gasteiger partial charge in [0.15, 0.2) is 0 Å². The zero-order valence-corrected chi connectivity index (χ0v) is 10.5. The van der Waals surface area contributed by atoms with Crippen LogP contribution in [-0.2, 0) is 9.31 Å². The van der Waals surface area contributed by atoms with E-state index in [4.69, 9.17) is 9.31 Å². The highest BCUT2D eigenvalue weighted by Crippen LogP contribution is 2.65. The molecule has 0 N–H and O–H groups in total. The van der Waals surface area contributed by atoms with Gasteiger partial charge in [0.2, 0.25) is 0 Å². The molecule has 0 aromatic rings. The van der Waals surface area contributed by atoms with E-state index in [1.54, 1.807) is 0 Å². The molecule has 16 heavy (non-hydrogen) atoms.